The van der Waals surface area contributed by atoms with Gasteiger partial charge in [-0.1, -0.05) is 12.1 Å². The number of aliphatic imine (C=N–C) groups is 3. The van der Waals surface area contributed by atoms with Gasteiger partial charge in [0.15, 0.2) is 17.7 Å². The number of phenols is 1. The number of aromatic hydroxyl groups is 1. The third-order valence-electron chi connectivity index (χ3n) is 4.78. The third kappa shape index (κ3) is 2.42. The van der Waals surface area contributed by atoms with E-state index in [1.165, 1.54) is 18.5 Å². The highest BCUT2D eigenvalue weighted by Crippen LogP contribution is 2.33. The van der Waals surface area contributed by atoms with Gasteiger partial charge in [0.1, 0.15) is 42.8 Å². The zero-order valence-electron chi connectivity index (χ0n) is 13.7. The van der Waals surface area contributed by atoms with Crippen LogP contribution in [0.25, 0.3) is 0 Å². The summed E-state index contributed by atoms with van der Waals surface area (Å²) in [6.45, 7) is -0.323. The van der Waals surface area contributed by atoms with E-state index >= 15 is 0 Å². The second-order valence-electron chi connectivity index (χ2n) is 6.36. The molecule has 3 aliphatic heterocycles. The van der Waals surface area contributed by atoms with E-state index in [0.29, 0.717) is 17.1 Å². The first kappa shape index (κ1) is 17.1. The molecule has 26 heavy (non-hydrogen) atoms. The number of fused-ring (bicyclic) bond motifs is 1. The average molecular weight is 361 g/mol. The highest BCUT2D eigenvalue weighted by Gasteiger charge is 2.51. The maximum absolute atomic E-state index is 10.3. The van der Waals surface area contributed by atoms with E-state index in [-0.39, 0.29) is 12.4 Å². The van der Waals surface area contributed by atoms with Gasteiger partial charge in [-0.05, 0) is 12.1 Å². The second-order valence-corrected chi connectivity index (χ2v) is 6.36. The Morgan fingerprint density at radius 1 is 1.31 bits per heavy atom. The van der Waals surface area contributed by atoms with E-state index in [1.54, 1.807) is 17.0 Å². The van der Waals surface area contributed by atoms with Crippen LogP contribution in [0.2, 0.25) is 0 Å². The number of aliphatic hydroxyl groups excluding tert-OH is 3. The normalized spacial score (nSPS) is 36.1. The molecule has 6 N–H and O–H groups in total. The average Bonchev–Trinajstić information content (AvgIpc) is 3.18. The molecule has 0 spiro atoms. The highest BCUT2D eigenvalue weighted by molar-refractivity contribution is 6.47. The van der Waals surface area contributed by atoms with E-state index in [9.17, 15) is 20.4 Å². The molecule has 10 nitrogen and oxygen atoms in total. The summed E-state index contributed by atoms with van der Waals surface area (Å²) in [6, 6.07) is 6.39. The molecule has 3 heterocycles. The molecule has 1 aromatic rings. The number of amidine groups is 1. The number of nitrogens with two attached hydrogens (primary N) is 1. The molecule has 4 rings (SSSR count). The van der Waals surface area contributed by atoms with Gasteiger partial charge in [-0.15, -0.1) is 0 Å². The van der Waals surface area contributed by atoms with Crippen molar-refractivity contribution in [3.8, 4) is 5.75 Å². The SMILES string of the molecule is NC1(c2cccc(O)c2)N=CN=C2C1=NCN2[C@@H]1O[C@H](CO)[C@@H](O)[C@H]1O. The van der Waals surface area contributed by atoms with Gasteiger partial charge in [0.25, 0.3) is 0 Å². The molecular formula is C16H19N5O5. The summed E-state index contributed by atoms with van der Waals surface area (Å²) >= 11 is 0. The van der Waals surface area contributed by atoms with Gasteiger partial charge >= 0.3 is 0 Å². The van der Waals surface area contributed by atoms with Gasteiger partial charge in [-0.2, -0.15) is 0 Å². The van der Waals surface area contributed by atoms with Crippen LogP contribution in [0.4, 0.5) is 0 Å². The van der Waals surface area contributed by atoms with Crippen molar-refractivity contribution in [1.82, 2.24) is 4.90 Å². The monoisotopic (exact) mass is 361 g/mol. The summed E-state index contributed by atoms with van der Waals surface area (Å²) in [6.07, 6.45) is -3.00. The predicted molar refractivity (Wildman–Crippen MR) is 91.8 cm³/mol. The number of benzene rings is 1. The summed E-state index contributed by atoms with van der Waals surface area (Å²) in [5.41, 5.74) is 6.02. The molecule has 1 fully saturated rings. The molecule has 3 aliphatic rings. The number of rotatable bonds is 3. The maximum Gasteiger partial charge on any atom is 0.182 e. The smallest absolute Gasteiger partial charge is 0.182 e. The second kappa shape index (κ2) is 6.11. The van der Waals surface area contributed by atoms with Gasteiger partial charge in [-0.25, -0.2) is 9.98 Å². The Morgan fingerprint density at radius 2 is 2.12 bits per heavy atom. The summed E-state index contributed by atoms with van der Waals surface area (Å²) < 4.78 is 5.56. The van der Waals surface area contributed by atoms with Crippen LogP contribution in [-0.2, 0) is 10.4 Å². The molecule has 0 radical (unpaired) electrons. The lowest BCUT2D eigenvalue weighted by Gasteiger charge is -2.32. The van der Waals surface area contributed by atoms with Gasteiger partial charge in [0.05, 0.1) is 6.61 Å². The first-order chi connectivity index (χ1) is 12.5. The molecule has 138 valence electrons. The van der Waals surface area contributed by atoms with Gasteiger partial charge < -0.3 is 30.1 Å². The Hall–Kier alpha value is -2.37. The number of hydrogen-bond acceptors (Lipinski definition) is 10. The summed E-state index contributed by atoms with van der Waals surface area (Å²) in [5, 5.41) is 39.3. The van der Waals surface area contributed by atoms with Crippen LogP contribution < -0.4 is 5.73 Å². The van der Waals surface area contributed by atoms with Crippen molar-refractivity contribution in [2.24, 2.45) is 20.7 Å². The lowest BCUT2D eigenvalue weighted by Crippen LogP contribution is -2.53. The summed E-state index contributed by atoms with van der Waals surface area (Å²) in [4.78, 5) is 14.4. The molecule has 1 saturated heterocycles. The highest BCUT2D eigenvalue weighted by atomic mass is 16.6. The van der Waals surface area contributed by atoms with Crippen LogP contribution >= 0.6 is 0 Å². The summed E-state index contributed by atoms with van der Waals surface area (Å²) in [5.74, 6) is 0.409. The Labute approximate surface area is 148 Å². The van der Waals surface area contributed by atoms with E-state index < -0.39 is 36.8 Å². The number of ether oxygens (including phenoxy) is 1. The summed E-state index contributed by atoms with van der Waals surface area (Å²) in [7, 11) is 0. The van der Waals surface area contributed by atoms with E-state index in [1.807, 2.05) is 0 Å². The number of hydrogen-bond donors (Lipinski definition) is 5. The maximum atomic E-state index is 10.3. The molecule has 0 saturated carbocycles. The van der Waals surface area contributed by atoms with Crippen LogP contribution in [0.3, 0.4) is 0 Å². The van der Waals surface area contributed by atoms with Crippen molar-refractivity contribution in [2.75, 3.05) is 13.3 Å². The molecule has 1 aromatic carbocycles. The molecule has 0 aromatic heterocycles. The molecular weight excluding hydrogens is 342 g/mol. The van der Waals surface area contributed by atoms with Crippen LogP contribution in [0.1, 0.15) is 5.56 Å². The molecule has 1 unspecified atom stereocenters. The quantitative estimate of drug-likeness (QED) is 0.421. The van der Waals surface area contributed by atoms with Crippen LogP contribution in [-0.4, -0.2) is 81.0 Å². The van der Waals surface area contributed by atoms with Gasteiger partial charge in [0, 0.05) is 5.56 Å². The molecule has 0 bridgehead atoms. The van der Waals surface area contributed by atoms with Crippen molar-refractivity contribution in [3.63, 3.8) is 0 Å². The lowest BCUT2D eigenvalue weighted by atomic mass is 9.93. The van der Waals surface area contributed by atoms with E-state index in [4.69, 9.17) is 10.5 Å². The fraction of sp³-hybridized carbons (Fsp3) is 0.438. The first-order valence-electron chi connectivity index (χ1n) is 8.10. The minimum absolute atomic E-state index is 0.0468. The fourth-order valence-electron chi connectivity index (χ4n) is 3.38. The topological polar surface area (TPSA) is 156 Å². The number of aliphatic hydroxyl groups is 3. The Kier molecular flexibility index (Phi) is 4.01. The minimum Gasteiger partial charge on any atom is -0.508 e. The zero-order chi connectivity index (χ0) is 18.5. The third-order valence-corrected chi connectivity index (χ3v) is 4.78. The molecule has 5 atom stereocenters. The largest absolute Gasteiger partial charge is 0.508 e. The predicted octanol–water partition coefficient (Wildman–Crippen LogP) is -1.90. The van der Waals surface area contributed by atoms with E-state index in [2.05, 4.69) is 15.0 Å². The first-order valence-corrected chi connectivity index (χ1v) is 8.10. The molecule has 0 amide bonds. The number of phenolic OH excluding ortho intramolecular Hbond substituents is 1. The van der Waals surface area contributed by atoms with Crippen molar-refractivity contribution in [1.29, 1.82) is 0 Å². The van der Waals surface area contributed by atoms with Crippen molar-refractivity contribution in [2.45, 2.75) is 30.2 Å². The Balaban J connectivity index is 1.65. The van der Waals surface area contributed by atoms with E-state index in [0.717, 1.165) is 0 Å². The van der Waals surface area contributed by atoms with Crippen LogP contribution in [0, 0.1) is 0 Å². The van der Waals surface area contributed by atoms with Crippen LogP contribution in [0.15, 0.2) is 39.2 Å². The lowest BCUT2D eigenvalue weighted by molar-refractivity contribution is -0.0688. The molecule has 10 heteroatoms. The van der Waals surface area contributed by atoms with Crippen molar-refractivity contribution >= 4 is 17.9 Å². The molecule has 0 aliphatic carbocycles. The van der Waals surface area contributed by atoms with Crippen molar-refractivity contribution in [3.05, 3.63) is 29.8 Å². The minimum atomic E-state index is -1.34. The van der Waals surface area contributed by atoms with Gasteiger partial charge in [-0.3, -0.25) is 10.7 Å². The van der Waals surface area contributed by atoms with Gasteiger partial charge in [0.2, 0.25) is 0 Å². The van der Waals surface area contributed by atoms with Crippen LogP contribution in [0.5, 0.6) is 5.75 Å². The Morgan fingerprint density at radius 3 is 2.81 bits per heavy atom. The van der Waals surface area contributed by atoms with Crippen molar-refractivity contribution < 1.29 is 25.2 Å². The standard InChI is InChI=1S/C16H19N5O5/c17-16(8-2-1-3-9(23)4-8)13-14(18-6-20-16)21(7-19-13)15-12(25)11(24)10(5-22)26-15/h1-4,6,10-12,15,22-25H,5,7,17H2/t10-,11-,12-,15-,16?/m1/s1. The zero-order valence-corrected chi connectivity index (χ0v) is 13.7. The fourth-order valence-corrected chi connectivity index (χ4v) is 3.38. The number of nitrogens with zero attached hydrogens (tertiary/aromatic N) is 4. The Bertz CT molecular complexity index is 812.